The molecule has 1 saturated carbocycles. The SMILES string of the molecule is O=C1CCCC1C1CCCN1CCCCCO. The standard InChI is InChI=1S/C14H25NO2/c16-11-3-1-2-9-15-10-5-7-13(15)12-6-4-8-14(12)17/h12-13,16H,1-11H2. The van der Waals surface area contributed by atoms with Crippen LogP contribution in [0.1, 0.15) is 51.4 Å². The zero-order chi connectivity index (χ0) is 12.1. The minimum absolute atomic E-state index is 0.310. The van der Waals surface area contributed by atoms with Crippen molar-refractivity contribution >= 4 is 5.78 Å². The van der Waals surface area contributed by atoms with E-state index in [0.29, 0.717) is 24.3 Å². The number of carbonyl (C=O) groups is 1. The fourth-order valence-electron chi connectivity index (χ4n) is 3.44. The van der Waals surface area contributed by atoms with Gasteiger partial charge in [0.15, 0.2) is 0 Å². The van der Waals surface area contributed by atoms with Crippen molar-refractivity contribution < 1.29 is 9.90 Å². The molecular weight excluding hydrogens is 214 g/mol. The zero-order valence-corrected chi connectivity index (χ0v) is 10.7. The molecule has 1 aliphatic carbocycles. The fraction of sp³-hybridized carbons (Fsp3) is 0.929. The van der Waals surface area contributed by atoms with Crippen LogP contribution >= 0.6 is 0 Å². The molecule has 1 N–H and O–H groups in total. The van der Waals surface area contributed by atoms with Crippen LogP contribution in [-0.2, 0) is 4.79 Å². The highest BCUT2D eigenvalue weighted by molar-refractivity contribution is 5.83. The lowest BCUT2D eigenvalue weighted by molar-refractivity contribution is -0.122. The van der Waals surface area contributed by atoms with E-state index < -0.39 is 0 Å². The average Bonchev–Trinajstić information content (AvgIpc) is 2.93. The van der Waals surface area contributed by atoms with Crippen LogP contribution in [0.2, 0.25) is 0 Å². The largest absolute Gasteiger partial charge is 0.396 e. The summed E-state index contributed by atoms with van der Waals surface area (Å²) < 4.78 is 0. The maximum atomic E-state index is 11.8. The van der Waals surface area contributed by atoms with Gasteiger partial charge in [-0.1, -0.05) is 0 Å². The van der Waals surface area contributed by atoms with Crippen LogP contribution in [0, 0.1) is 5.92 Å². The molecule has 0 amide bonds. The lowest BCUT2D eigenvalue weighted by Crippen LogP contribution is -2.38. The molecule has 1 saturated heterocycles. The zero-order valence-electron chi connectivity index (χ0n) is 10.7. The number of nitrogens with zero attached hydrogens (tertiary/aromatic N) is 1. The monoisotopic (exact) mass is 239 g/mol. The molecular formula is C14H25NO2. The molecule has 2 fully saturated rings. The van der Waals surface area contributed by atoms with Crippen LogP contribution < -0.4 is 0 Å². The molecule has 3 heteroatoms. The number of likely N-dealkylation sites (tertiary alicyclic amines) is 1. The Morgan fingerprint density at radius 2 is 2.06 bits per heavy atom. The van der Waals surface area contributed by atoms with E-state index in [1.54, 1.807) is 0 Å². The summed E-state index contributed by atoms with van der Waals surface area (Å²) >= 11 is 0. The molecule has 1 heterocycles. The van der Waals surface area contributed by atoms with Gasteiger partial charge in [0.05, 0.1) is 0 Å². The molecule has 0 aromatic rings. The van der Waals surface area contributed by atoms with E-state index in [-0.39, 0.29) is 0 Å². The number of unbranched alkanes of at least 4 members (excludes halogenated alkanes) is 2. The van der Waals surface area contributed by atoms with Gasteiger partial charge in [-0.15, -0.1) is 0 Å². The highest BCUT2D eigenvalue weighted by Crippen LogP contribution is 2.33. The third-order valence-corrected chi connectivity index (χ3v) is 4.33. The lowest BCUT2D eigenvalue weighted by Gasteiger charge is -2.28. The third kappa shape index (κ3) is 3.29. The van der Waals surface area contributed by atoms with E-state index in [2.05, 4.69) is 4.90 Å². The van der Waals surface area contributed by atoms with E-state index in [1.165, 1.54) is 19.4 Å². The first-order chi connectivity index (χ1) is 8.33. The number of aliphatic hydroxyl groups excluding tert-OH is 1. The Labute approximate surface area is 104 Å². The molecule has 0 aromatic carbocycles. The Kier molecular flexibility index (Phi) is 4.99. The predicted octanol–water partition coefficient (Wildman–Crippen LogP) is 1.98. The minimum atomic E-state index is 0.310. The van der Waals surface area contributed by atoms with Crippen LogP contribution in [0.15, 0.2) is 0 Å². The van der Waals surface area contributed by atoms with Gasteiger partial charge in [-0.3, -0.25) is 9.69 Å². The van der Waals surface area contributed by atoms with Gasteiger partial charge in [0.25, 0.3) is 0 Å². The number of Topliss-reactive ketones (excluding diaryl/α,β-unsaturated/α-hetero) is 1. The van der Waals surface area contributed by atoms with Crippen molar-refractivity contribution in [1.82, 2.24) is 4.90 Å². The Bertz CT molecular complexity index is 255. The van der Waals surface area contributed by atoms with Crippen LogP contribution in [0.4, 0.5) is 0 Å². The molecule has 98 valence electrons. The Balaban J connectivity index is 1.78. The number of aliphatic hydroxyl groups is 1. The molecule has 1 aliphatic heterocycles. The normalized spacial score (nSPS) is 30.3. The van der Waals surface area contributed by atoms with Crippen LogP contribution in [0.25, 0.3) is 0 Å². The number of hydrogen-bond acceptors (Lipinski definition) is 3. The topological polar surface area (TPSA) is 40.5 Å². The van der Waals surface area contributed by atoms with Crippen molar-refractivity contribution in [3.63, 3.8) is 0 Å². The first-order valence-corrected chi connectivity index (χ1v) is 7.20. The smallest absolute Gasteiger partial charge is 0.137 e. The summed E-state index contributed by atoms with van der Waals surface area (Å²) in [6.07, 6.45) is 8.72. The number of rotatable bonds is 6. The number of carbonyl (C=O) groups excluding carboxylic acids is 1. The summed E-state index contributed by atoms with van der Waals surface area (Å²) in [6, 6.07) is 0.541. The second-order valence-electron chi connectivity index (χ2n) is 5.49. The summed E-state index contributed by atoms with van der Waals surface area (Å²) in [6.45, 7) is 2.60. The van der Waals surface area contributed by atoms with Crippen LogP contribution in [0.3, 0.4) is 0 Å². The van der Waals surface area contributed by atoms with E-state index in [9.17, 15) is 4.79 Å². The van der Waals surface area contributed by atoms with Gasteiger partial charge in [-0.05, 0) is 58.0 Å². The second kappa shape index (κ2) is 6.50. The Hall–Kier alpha value is -0.410. The van der Waals surface area contributed by atoms with Gasteiger partial charge in [0, 0.05) is 25.0 Å². The quantitative estimate of drug-likeness (QED) is 0.721. The molecule has 0 spiro atoms. The van der Waals surface area contributed by atoms with Gasteiger partial charge in [-0.2, -0.15) is 0 Å². The van der Waals surface area contributed by atoms with Crippen molar-refractivity contribution in [3.05, 3.63) is 0 Å². The van der Waals surface area contributed by atoms with Crippen LogP contribution in [0.5, 0.6) is 0 Å². The second-order valence-corrected chi connectivity index (χ2v) is 5.49. The molecule has 2 aliphatic rings. The summed E-state index contributed by atoms with van der Waals surface area (Å²) in [4.78, 5) is 14.4. The molecule has 0 aromatic heterocycles. The lowest BCUT2D eigenvalue weighted by atomic mass is 9.95. The fourth-order valence-corrected chi connectivity index (χ4v) is 3.44. The predicted molar refractivity (Wildman–Crippen MR) is 67.9 cm³/mol. The van der Waals surface area contributed by atoms with Crippen molar-refractivity contribution in [3.8, 4) is 0 Å². The van der Waals surface area contributed by atoms with Crippen molar-refractivity contribution in [2.45, 2.75) is 57.4 Å². The molecule has 3 nitrogen and oxygen atoms in total. The highest BCUT2D eigenvalue weighted by Gasteiger charge is 2.37. The highest BCUT2D eigenvalue weighted by atomic mass is 16.2. The van der Waals surface area contributed by atoms with Crippen molar-refractivity contribution in [1.29, 1.82) is 0 Å². The molecule has 2 unspecified atom stereocenters. The summed E-state index contributed by atoms with van der Waals surface area (Å²) in [5.41, 5.74) is 0. The van der Waals surface area contributed by atoms with E-state index >= 15 is 0 Å². The Morgan fingerprint density at radius 3 is 2.76 bits per heavy atom. The summed E-state index contributed by atoms with van der Waals surface area (Å²) in [5, 5.41) is 8.76. The van der Waals surface area contributed by atoms with Crippen molar-refractivity contribution in [2.75, 3.05) is 19.7 Å². The maximum absolute atomic E-state index is 11.8. The van der Waals surface area contributed by atoms with Crippen LogP contribution in [-0.4, -0.2) is 41.5 Å². The first kappa shape index (κ1) is 13.0. The van der Waals surface area contributed by atoms with E-state index in [1.807, 2.05) is 0 Å². The number of ketones is 1. The van der Waals surface area contributed by atoms with Gasteiger partial charge >= 0.3 is 0 Å². The Morgan fingerprint density at radius 1 is 1.18 bits per heavy atom. The van der Waals surface area contributed by atoms with E-state index in [4.69, 9.17) is 5.11 Å². The van der Waals surface area contributed by atoms with Gasteiger partial charge in [0.1, 0.15) is 5.78 Å². The third-order valence-electron chi connectivity index (χ3n) is 4.33. The summed E-state index contributed by atoms with van der Waals surface area (Å²) in [7, 11) is 0. The molecule has 17 heavy (non-hydrogen) atoms. The molecule has 0 bridgehead atoms. The van der Waals surface area contributed by atoms with Gasteiger partial charge < -0.3 is 5.11 Å². The number of hydrogen-bond donors (Lipinski definition) is 1. The molecule has 0 radical (unpaired) electrons. The minimum Gasteiger partial charge on any atom is -0.396 e. The molecule has 2 atom stereocenters. The van der Waals surface area contributed by atoms with Crippen molar-refractivity contribution in [2.24, 2.45) is 5.92 Å². The van der Waals surface area contributed by atoms with Gasteiger partial charge in [-0.25, -0.2) is 0 Å². The van der Waals surface area contributed by atoms with E-state index in [0.717, 1.165) is 45.1 Å². The first-order valence-electron chi connectivity index (χ1n) is 7.20. The summed E-state index contributed by atoms with van der Waals surface area (Å²) in [5.74, 6) is 0.854. The van der Waals surface area contributed by atoms with Gasteiger partial charge in [0.2, 0.25) is 0 Å². The molecule has 2 rings (SSSR count). The average molecular weight is 239 g/mol. The maximum Gasteiger partial charge on any atom is 0.137 e.